The highest BCUT2D eigenvalue weighted by molar-refractivity contribution is 5.83. The molecular formula is C13H24N2O2. The summed E-state index contributed by atoms with van der Waals surface area (Å²) in [7, 11) is 0. The molecule has 2 fully saturated rings. The molecule has 1 heterocycles. The van der Waals surface area contributed by atoms with Crippen LogP contribution in [-0.4, -0.2) is 40.6 Å². The topological polar surface area (TPSA) is 66.6 Å². The fourth-order valence-corrected chi connectivity index (χ4v) is 3.21. The summed E-state index contributed by atoms with van der Waals surface area (Å²) >= 11 is 0. The molecule has 1 saturated carbocycles. The van der Waals surface area contributed by atoms with Gasteiger partial charge in [0.15, 0.2) is 0 Å². The van der Waals surface area contributed by atoms with Crippen molar-refractivity contribution in [2.24, 2.45) is 11.1 Å². The lowest BCUT2D eigenvalue weighted by atomic mass is 9.82. The summed E-state index contributed by atoms with van der Waals surface area (Å²) in [5.41, 5.74) is 4.94. The van der Waals surface area contributed by atoms with E-state index in [0.717, 1.165) is 38.6 Å². The highest BCUT2D eigenvalue weighted by Gasteiger charge is 2.46. The van der Waals surface area contributed by atoms with Crippen LogP contribution in [0, 0.1) is 5.41 Å². The molecular weight excluding hydrogens is 216 g/mol. The number of hydrogen-bond donors (Lipinski definition) is 2. The van der Waals surface area contributed by atoms with E-state index >= 15 is 0 Å². The Bertz CT molecular complexity index is 317. The molecule has 17 heavy (non-hydrogen) atoms. The molecule has 0 aromatic rings. The van der Waals surface area contributed by atoms with Crippen molar-refractivity contribution >= 4 is 5.91 Å². The van der Waals surface area contributed by atoms with Crippen LogP contribution < -0.4 is 5.73 Å². The molecule has 2 rings (SSSR count). The quantitative estimate of drug-likeness (QED) is 0.715. The van der Waals surface area contributed by atoms with Crippen molar-refractivity contribution in [3.63, 3.8) is 0 Å². The molecule has 3 unspecified atom stereocenters. The van der Waals surface area contributed by atoms with Gasteiger partial charge in [-0.2, -0.15) is 0 Å². The second kappa shape index (κ2) is 4.25. The van der Waals surface area contributed by atoms with Crippen LogP contribution in [-0.2, 0) is 4.79 Å². The SMILES string of the molecule is CC1(O)CCCN(C(=O)C2(C)CCCC2N)C1. The molecule has 2 aliphatic rings. The Morgan fingerprint density at radius 3 is 2.59 bits per heavy atom. The van der Waals surface area contributed by atoms with Crippen LogP contribution in [0.5, 0.6) is 0 Å². The maximum absolute atomic E-state index is 12.6. The van der Waals surface area contributed by atoms with Crippen molar-refractivity contribution in [3.8, 4) is 0 Å². The van der Waals surface area contributed by atoms with E-state index < -0.39 is 11.0 Å². The van der Waals surface area contributed by atoms with Crippen molar-refractivity contribution in [2.75, 3.05) is 13.1 Å². The zero-order chi connectivity index (χ0) is 12.7. The third kappa shape index (κ3) is 2.33. The van der Waals surface area contributed by atoms with Gasteiger partial charge in [-0.25, -0.2) is 0 Å². The Morgan fingerprint density at radius 2 is 2.06 bits per heavy atom. The molecule has 1 amide bonds. The zero-order valence-corrected chi connectivity index (χ0v) is 10.9. The average Bonchev–Trinajstić information content (AvgIpc) is 2.58. The number of rotatable bonds is 1. The fraction of sp³-hybridized carbons (Fsp3) is 0.923. The van der Waals surface area contributed by atoms with E-state index in [4.69, 9.17) is 5.73 Å². The summed E-state index contributed by atoms with van der Waals surface area (Å²) in [4.78, 5) is 14.4. The van der Waals surface area contributed by atoms with Crippen LogP contribution in [0.15, 0.2) is 0 Å². The van der Waals surface area contributed by atoms with Crippen molar-refractivity contribution in [2.45, 2.75) is 57.6 Å². The normalized spacial score (nSPS) is 42.8. The number of carbonyl (C=O) groups is 1. The molecule has 98 valence electrons. The van der Waals surface area contributed by atoms with Crippen LogP contribution in [0.2, 0.25) is 0 Å². The van der Waals surface area contributed by atoms with E-state index in [1.165, 1.54) is 0 Å². The van der Waals surface area contributed by atoms with Gasteiger partial charge in [0.25, 0.3) is 0 Å². The Kier molecular flexibility index (Phi) is 3.21. The number of nitrogens with zero attached hydrogens (tertiary/aromatic N) is 1. The second-order valence-corrected chi connectivity index (χ2v) is 6.24. The molecule has 0 aromatic carbocycles. The number of nitrogens with two attached hydrogens (primary N) is 1. The largest absolute Gasteiger partial charge is 0.388 e. The maximum atomic E-state index is 12.6. The lowest BCUT2D eigenvalue weighted by Gasteiger charge is -2.41. The summed E-state index contributed by atoms with van der Waals surface area (Å²) in [6.45, 7) is 5.01. The molecule has 4 nitrogen and oxygen atoms in total. The molecule has 3 N–H and O–H groups in total. The number of amides is 1. The monoisotopic (exact) mass is 240 g/mol. The lowest BCUT2D eigenvalue weighted by Crippen LogP contribution is -2.55. The van der Waals surface area contributed by atoms with Crippen LogP contribution in [0.25, 0.3) is 0 Å². The van der Waals surface area contributed by atoms with Gasteiger partial charge in [0.05, 0.1) is 11.0 Å². The number of likely N-dealkylation sites (tertiary alicyclic amines) is 1. The number of piperidine rings is 1. The fourth-order valence-electron chi connectivity index (χ4n) is 3.21. The van der Waals surface area contributed by atoms with Gasteiger partial charge in [-0.1, -0.05) is 6.42 Å². The van der Waals surface area contributed by atoms with E-state index in [1.54, 1.807) is 0 Å². The van der Waals surface area contributed by atoms with Gasteiger partial charge in [0.2, 0.25) is 5.91 Å². The highest BCUT2D eigenvalue weighted by Crippen LogP contribution is 2.39. The number of hydrogen-bond acceptors (Lipinski definition) is 3. The van der Waals surface area contributed by atoms with Crippen LogP contribution in [0.3, 0.4) is 0 Å². The predicted octanol–water partition coefficient (Wildman–Crippen LogP) is 0.877. The Balaban J connectivity index is 2.09. The van der Waals surface area contributed by atoms with E-state index in [2.05, 4.69) is 0 Å². The van der Waals surface area contributed by atoms with Gasteiger partial charge in [-0.15, -0.1) is 0 Å². The summed E-state index contributed by atoms with van der Waals surface area (Å²) in [5.74, 6) is 0.141. The Morgan fingerprint density at radius 1 is 1.35 bits per heavy atom. The first-order chi connectivity index (χ1) is 7.85. The lowest BCUT2D eigenvalue weighted by molar-refractivity contribution is -0.148. The third-order valence-electron chi connectivity index (χ3n) is 4.48. The minimum absolute atomic E-state index is 0.0260. The number of carbonyl (C=O) groups excluding carboxylic acids is 1. The zero-order valence-electron chi connectivity index (χ0n) is 10.9. The van der Waals surface area contributed by atoms with Gasteiger partial charge < -0.3 is 15.7 Å². The van der Waals surface area contributed by atoms with Crippen molar-refractivity contribution in [1.29, 1.82) is 0 Å². The number of aliphatic hydroxyl groups is 1. The molecule has 1 aliphatic heterocycles. The van der Waals surface area contributed by atoms with Gasteiger partial charge >= 0.3 is 0 Å². The third-order valence-corrected chi connectivity index (χ3v) is 4.48. The Labute approximate surface area is 103 Å². The smallest absolute Gasteiger partial charge is 0.230 e. The Hall–Kier alpha value is -0.610. The number of β-amino-alcohol motifs (C(OH)–C–C–N with tert-alkyl or cyclic N) is 1. The molecule has 0 spiro atoms. The van der Waals surface area contributed by atoms with Gasteiger partial charge in [-0.3, -0.25) is 4.79 Å². The molecule has 0 radical (unpaired) electrons. The second-order valence-electron chi connectivity index (χ2n) is 6.24. The van der Waals surface area contributed by atoms with E-state index in [0.29, 0.717) is 6.54 Å². The van der Waals surface area contributed by atoms with Gasteiger partial charge in [-0.05, 0) is 39.5 Å². The summed E-state index contributed by atoms with van der Waals surface area (Å²) in [6, 6.07) is -0.0260. The van der Waals surface area contributed by atoms with Crippen LogP contribution in [0.1, 0.15) is 46.0 Å². The van der Waals surface area contributed by atoms with Crippen LogP contribution >= 0.6 is 0 Å². The van der Waals surface area contributed by atoms with Crippen LogP contribution in [0.4, 0.5) is 0 Å². The first-order valence-electron chi connectivity index (χ1n) is 6.62. The van der Waals surface area contributed by atoms with E-state index in [-0.39, 0.29) is 11.9 Å². The molecule has 1 saturated heterocycles. The van der Waals surface area contributed by atoms with Gasteiger partial charge in [0, 0.05) is 19.1 Å². The maximum Gasteiger partial charge on any atom is 0.230 e. The minimum atomic E-state index is -0.729. The standard InChI is InChI=1S/C13H24N2O2/c1-12(17)6-4-8-15(9-12)11(16)13(2)7-3-5-10(13)14/h10,17H,3-9,14H2,1-2H3. The first-order valence-corrected chi connectivity index (χ1v) is 6.62. The van der Waals surface area contributed by atoms with Crippen molar-refractivity contribution in [3.05, 3.63) is 0 Å². The van der Waals surface area contributed by atoms with Crippen molar-refractivity contribution < 1.29 is 9.90 Å². The minimum Gasteiger partial charge on any atom is -0.388 e. The molecule has 3 atom stereocenters. The molecule has 1 aliphatic carbocycles. The molecule has 4 heteroatoms. The summed E-state index contributed by atoms with van der Waals surface area (Å²) in [6.07, 6.45) is 4.51. The van der Waals surface area contributed by atoms with E-state index in [1.807, 2.05) is 18.7 Å². The molecule has 0 bridgehead atoms. The van der Waals surface area contributed by atoms with Crippen molar-refractivity contribution in [1.82, 2.24) is 4.90 Å². The first kappa shape index (κ1) is 12.8. The summed E-state index contributed by atoms with van der Waals surface area (Å²) in [5, 5.41) is 10.1. The summed E-state index contributed by atoms with van der Waals surface area (Å²) < 4.78 is 0. The van der Waals surface area contributed by atoms with E-state index in [9.17, 15) is 9.90 Å². The van der Waals surface area contributed by atoms with Gasteiger partial charge in [0.1, 0.15) is 0 Å². The molecule has 0 aromatic heterocycles. The predicted molar refractivity (Wildman–Crippen MR) is 66.4 cm³/mol. The average molecular weight is 240 g/mol. The highest BCUT2D eigenvalue weighted by atomic mass is 16.3.